The molecule has 0 unspecified atom stereocenters. The van der Waals surface area contributed by atoms with E-state index in [1.165, 1.54) is 0 Å². The summed E-state index contributed by atoms with van der Waals surface area (Å²) in [5, 5.41) is 18.4. The molecule has 1 aromatic heterocycles. The minimum atomic E-state index is -0.117. The first-order chi connectivity index (χ1) is 13.2. The highest BCUT2D eigenvalue weighted by atomic mass is 16.1. The fraction of sp³-hybridized carbons (Fsp3) is 0.300. The number of anilines is 1. The number of nitrogens with one attached hydrogen (secondary N) is 2. The van der Waals surface area contributed by atoms with Gasteiger partial charge in [0.15, 0.2) is 5.82 Å². The van der Waals surface area contributed by atoms with Gasteiger partial charge in [-0.05, 0) is 60.0 Å². The number of rotatable bonds is 7. The first-order valence-corrected chi connectivity index (χ1v) is 9.17. The van der Waals surface area contributed by atoms with Crippen molar-refractivity contribution in [3.8, 4) is 0 Å². The fourth-order valence-electron chi connectivity index (χ4n) is 2.97. The van der Waals surface area contributed by atoms with Crippen molar-refractivity contribution in [1.29, 1.82) is 0 Å². The van der Waals surface area contributed by atoms with E-state index in [0.717, 1.165) is 29.9 Å². The van der Waals surface area contributed by atoms with E-state index in [1.54, 1.807) is 0 Å². The van der Waals surface area contributed by atoms with Gasteiger partial charge in [-0.25, -0.2) is 4.68 Å². The molecule has 1 aliphatic rings. The van der Waals surface area contributed by atoms with Crippen LogP contribution < -0.4 is 10.6 Å². The maximum absolute atomic E-state index is 12.5. The van der Waals surface area contributed by atoms with Crippen LogP contribution in [-0.4, -0.2) is 26.1 Å². The van der Waals surface area contributed by atoms with Gasteiger partial charge in [-0.3, -0.25) is 4.79 Å². The molecule has 2 N–H and O–H groups in total. The zero-order chi connectivity index (χ0) is 18.6. The van der Waals surface area contributed by atoms with Crippen molar-refractivity contribution in [1.82, 2.24) is 25.5 Å². The lowest BCUT2D eigenvalue weighted by Crippen LogP contribution is -2.22. The average molecular weight is 362 g/mol. The summed E-state index contributed by atoms with van der Waals surface area (Å²) in [5.74, 6) is 0.740. The molecule has 0 saturated heterocycles. The molecule has 1 fully saturated rings. The van der Waals surface area contributed by atoms with Gasteiger partial charge < -0.3 is 10.6 Å². The van der Waals surface area contributed by atoms with Crippen molar-refractivity contribution in [3.05, 3.63) is 71.5 Å². The molecule has 1 saturated carbocycles. The maximum Gasteiger partial charge on any atom is 0.255 e. The molecule has 27 heavy (non-hydrogen) atoms. The van der Waals surface area contributed by atoms with Crippen molar-refractivity contribution < 1.29 is 4.79 Å². The van der Waals surface area contributed by atoms with Gasteiger partial charge in [0.2, 0.25) is 0 Å². The van der Waals surface area contributed by atoms with Crippen LogP contribution in [-0.2, 0) is 6.54 Å². The van der Waals surface area contributed by atoms with Crippen molar-refractivity contribution in [3.63, 3.8) is 0 Å². The molecule has 2 aromatic carbocycles. The number of aromatic nitrogens is 4. The minimum Gasteiger partial charge on any atom is -0.322 e. The number of hydrogen-bond donors (Lipinski definition) is 2. The molecule has 1 aliphatic carbocycles. The SMILES string of the molecule is C[C@@H](NCc1cccc(C(=O)Nc2ccccc2)c1)c1nnnn1C1CC1. The highest BCUT2D eigenvalue weighted by Gasteiger charge is 2.29. The van der Waals surface area contributed by atoms with Gasteiger partial charge in [-0.1, -0.05) is 30.3 Å². The molecule has 1 amide bonds. The second-order valence-electron chi connectivity index (χ2n) is 6.84. The van der Waals surface area contributed by atoms with Gasteiger partial charge >= 0.3 is 0 Å². The third kappa shape index (κ3) is 4.20. The lowest BCUT2D eigenvalue weighted by atomic mass is 10.1. The molecule has 1 atom stereocenters. The van der Waals surface area contributed by atoms with Crippen LogP contribution in [0.5, 0.6) is 0 Å². The number of hydrogen-bond acceptors (Lipinski definition) is 5. The van der Waals surface area contributed by atoms with Gasteiger partial charge in [0, 0.05) is 17.8 Å². The smallest absolute Gasteiger partial charge is 0.255 e. The second-order valence-corrected chi connectivity index (χ2v) is 6.84. The van der Waals surface area contributed by atoms with Crippen molar-refractivity contribution in [2.45, 2.75) is 38.4 Å². The van der Waals surface area contributed by atoms with Gasteiger partial charge in [-0.2, -0.15) is 0 Å². The summed E-state index contributed by atoms with van der Waals surface area (Å²) in [6.45, 7) is 2.68. The minimum absolute atomic E-state index is 0.0300. The van der Waals surface area contributed by atoms with Crippen molar-refractivity contribution in [2.75, 3.05) is 5.32 Å². The second kappa shape index (κ2) is 7.67. The molecule has 7 nitrogen and oxygen atoms in total. The third-order valence-corrected chi connectivity index (χ3v) is 4.63. The number of carbonyl (C=O) groups excluding carboxylic acids is 1. The molecule has 1 heterocycles. The lowest BCUT2D eigenvalue weighted by molar-refractivity contribution is 0.102. The standard InChI is InChI=1S/C20H22N6O/c1-14(19-23-24-25-26(19)18-10-11-18)21-13-15-6-5-7-16(12-15)20(27)22-17-8-3-2-4-9-17/h2-9,12,14,18,21H,10-11,13H2,1H3,(H,22,27)/t14-/m1/s1. The fourth-order valence-corrected chi connectivity index (χ4v) is 2.97. The number of amides is 1. The van der Waals surface area contributed by atoms with Crippen LogP contribution in [0.3, 0.4) is 0 Å². The zero-order valence-corrected chi connectivity index (χ0v) is 15.2. The largest absolute Gasteiger partial charge is 0.322 e. The number of carbonyl (C=O) groups is 1. The zero-order valence-electron chi connectivity index (χ0n) is 15.2. The number of nitrogens with zero attached hydrogens (tertiary/aromatic N) is 4. The van der Waals surface area contributed by atoms with E-state index in [0.29, 0.717) is 18.2 Å². The van der Waals surface area contributed by atoms with E-state index >= 15 is 0 Å². The Balaban J connectivity index is 1.39. The normalized spacial score (nSPS) is 14.7. The first kappa shape index (κ1) is 17.4. The Morgan fingerprint density at radius 3 is 2.78 bits per heavy atom. The summed E-state index contributed by atoms with van der Waals surface area (Å²) >= 11 is 0. The van der Waals surface area contributed by atoms with Gasteiger partial charge in [0.05, 0.1) is 12.1 Å². The van der Waals surface area contributed by atoms with Crippen LogP contribution in [0.2, 0.25) is 0 Å². The first-order valence-electron chi connectivity index (χ1n) is 9.17. The summed E-state index contributed by atoms with van der Waals surface area (Å²) in [6.07, 6.45) is 2.28. The lowest BCUT2D eigenvalue weighted by Gasteiger charge is -2.14. The molecular formula is C20H22N6O. The van der Waals surface area contributed by atoms with E-state index in [1.807, 2.05) is 59.3 Å². The highest BCUT2D eigenvalue weighted by molar-refractivity contribution is 6.04. The summed E-state index contributed by atoms with van der Waals surface area (Å²) in [6, 6.07) is 17.6. The highest BCUT2D eigenvalue weighted by Crippen LogP contribution is 2.35. The van der Waals surface area contributed by atoms with Crippen LogP contribution in [0.1, 0.15) is 53.6 Å². The predicted octanol–water partition coefficient (Wildman–Crippen LogP) is 3.11. The Hall–Kier alpha value is -3.06. The van der Waals surface area contributed by atoms with Crippen molar-refractivity contribution >= 4 is 11.6 Å². The molecule has 0 radical (unpaired) electrons. The van der Waals surface area contributed by atoms with Crippen molar-refractivity contribution in [2.24, 2.45) is 0 Å². The van der Waals surface area contributed by atoms with Crippen LogP contribution >= 0.6 is 0 Å². The molecule has 0 aliphatic heterocycles. The summed E-state index contributed by atoms with van der Waals surface area (Å²) in [5.41, 5.74) is 2.45. The summed E-state index contributed by atoms with van der Waals surface area (Å²) in [4.78, 5) is 12.5. The molecule has 0 bridgehead atoms. The van der Waals surface area contributed by atoms with E-state index in [-0.39, 0.29) is 11.9 Å². The number of tetrazole rings is 1. The predicted molar refractivity (Wildman–Crippen MR) is 102 cm³/mol. The molecule has 0 spiro atoms. The summed E-state index contributed by atoms with van der Waals surface area (Å²) < 4.78 is 1.92. The monoisotopic (exact) mass is 362 g/mol. The summed E-state index contributed by atoms with van der Waals surface area (Å²) in [7, 11) is 0. The van der Waals surface area contributed by atoms with E-state index in [4.69, 9.17) is 0 Å². The quantitative estimate of drug-likeness (QED) is 0.675. The maximum atomic E-state index is 12.5. The van der Waals surface area contributed by atoms with E-state index in [9.17, 15) is 4.79 Å². The Labute approximate surface area is 157 Å². The van der Waals surface area contributed by atoms with Gasteiger partial charge in [0.1, 0.15) is 0 Å². The topological polar surface area (TPSA) is 84.7 Å². The number of benzene rings is 2. The molecular weight excluding hydrogens is 340 g/mol. The van der Waals surface area contributed by atoms with Crippen LogP contribution in [0.4, 0.5) is 5.69 Å². The molecule has 7 heteroatoms. The van der Waals surface area contributed by atoms with Crippen LogP contribution in [0.15, 0.2) is 54.6 Å². The third-order valence-electron chi connectivity index (χ3n) is 4.63. The van der Waals surface area contributed by atoms with E-state index in [2.05, 4.69) is 33.1 Å². The average Bonchev–Trinajstić information content (AvgIpc) is 3.43. The Bertz CT molecular complexity index is 919. The number of para-hydroxylation sites is 1. The van der Waals surface area contributed by atoms with E-state index < -0.39 is 0 Å². The molecule has 3 aromatic rings. The van der Waals surface area contributed by atoms with Crippen LogP contribution in [0, 0.1) is 0 Å². The van der Waals surface area contributed by atoms with Crippen LogP contribution in [0.25, 0.3) is 0 Å². The van der Waals surface area contributed by atoms with Gasteiger partial charge in [0.25, 0.3) is 5.91 Å². The van der Waals surface area contributed by atoms with Gasteiger partial charge in [-0.15, -0.1) is 5.10 Å². The molecule has 138 valence electrons. The Morgan fingerprint density at radius 2 is 2.00 bits per heavy atom. The Morgan fingerprint density at radius 1 is 1.19 bits per heavy atom. The molecule has 4 rings (SSSR count). The Kier molecular flexibility index (Phi) is 4.93.